The molecule has 4 aromatic rings. The van der Waals surface area contributed by atoms with E-state index in [0.717, 1.165) is 11.8 Å². The summed E-state index contributed by atoms with van der Waals surface area (Å²) in [6.07, 6.45) is 0. The van der Waals surface area contributed by atoms with E-state index in [2.05, 4.69) is 10.3 Å². The van der Waals surface area contributed by atoms with Crippen molar-refractivity contribution in [3.8, 4) is 5.75 Å². The van der Waals surface area contributed by atoms with Crippen molar-refractivity contribution < 1.29 is 21.9 Å². The monoisotopic (exact) mass is 468 g/mol. The molecular formula is C23H22N3O4S2+. The van der Waals surface area contributed by atoms with Crippen LogP contribution in [0.5, 0.6) is 5.75 Å². The van der Waals surface area contributed by atoms with E-state index < -0.39 is 10.0 Å². The third-order valence-corrected chi connectivity index (χ3v) is 7.44. The normalized spacial score (nSPS) is 11.4. The summed E-state index contributed by atoms with van der Waals surface area (Å²) in [5.41, 5.74) is 1.75. The first-order valence-corrected chi connectivity index (χ1v) is 12.4. The summed E-state index contributed by atoms with van der Waals surface area (Å²) >= 11 is 1.12. The van der Waals surface area contributed by atoms with E-state index in [-0.39, 0.29) is 16.6 Å². The number of thioether (sulfide) groups is 1. The molecule has 7 nitrogen and oxygen atoms in total. The molecular weight excluding hydrogens is 446 g/mol. The van der Waals surface area contributed by atoms with Crippen LogP contribution in [0.1, 0.15) is 6.92 Å². The molecule has 0 radical (unpaired) electrons. The van der Waals surface area contributed by atoms with Gasteiger partial charge in [0.25, 0.3) is 0 Å². The van der Waals surface area contributed by atoms with Gasteiger partial charge in [0.05, 0.1) is 18.0 Å². The second-order valence-electron chi connectivity index (χ2n) is 6.80. The number of ether oxygens (including phenoxy) is 1. The highest BCUT2D eigenvalue weighted by molar-refractivity contribution is 8.00. The zero-order valence-corrected chi connectivity index (χ0v) is 18.9. The molecule has 1 aromatic heterocycles. The number of nitrogens with zero attached hydrogens (tertiary/aromatic N) is 1. The smallest absolute Gasteiger partial charge is 0.336 e. The first-order chi connectivity index (χ1) is 15.5. The number of hydrogen-bond acceptors (Lipinski definition) is 5. The Morgan fingerprint density at radius 3 is 2.47 bits per heavy atom. The Balaban J connectivity index is 1.62. The first kappa shape index (κ1) is 21.9. The number of anilines is 1. The Morgan fingerprint density at radius 1 is 1.00 bits per heavy atom. The van der Waals surface area contributed by atoms with Crippen LogP contribution in [-0.4, -0.2) is 31.7 Å². The highest BCUT2D eigenvalue weighted by Gasteiger charge is 2.31. The van der Waals surface area contributed by atoms with E-state index in [1.807, 2.05) is 25.1 Å². The van der Waals surface area contributed by atoms with Gasteiger partial charge in [0.2, 0.25) is 5.91 Å². The number of fused-ring (bicyclic) bond motifs is 1. The van der Waals surface area contributed by atoms with Gasteiger partial charge in [-0.15, -0.1) is 3.97 Å². The SMILES string of the molecule is CCOc1ccccc1NC(=O)CSc1[nH]c2ccccc2[n+]1S(=O)(=O)c1ccccc1. The van der Waals surface area contributed by atoms with Gasteiger partial charge in [0, 0.05) is 0 Å². The standard InChI is InChI=1S/C23H21N3O4S2/c1-2-30-21-15-9-7-13-19(21)24-22(27)16-31-23-25-18-12-6-8-14-20(18)26(23)32(28,29)17-10-4-3-5-11-17/h3-15H,2,16H2,1H3,(H,24,27)/p+1. The highest BCUT2D eigenvalue weighted by Crippen LogP contribution is 2.25. The van der Waals surface area contributed by atoms with Crippen molar-refractivity contribution in [2.45, 2.75) is 17.0 Å². The van der Waals surface area contributed by atoms with Gasteiger partial charge in [-0.1, -0.05) is 42.5 Å². The summed E-state index contributed by atoms with van der Waals surface area (Å²) in [4.78, 5) is 15.9. The van der Waals surface area contributed by atoms with Crippen LogP contribution in [0.3, 0.4) is 0 Å². The maximum Gasteiger partial charge on any atom is 0.336 e. The van der Waals surface area contributed by atoms with E-state index in [1.54, 1.807) is 60.7 Å². The van der Waals surface area contributed by atoms with Crippen LogP contribution in [0.2, 0.25) is 0 Å². The van der Waals surface area contributed by atoms with Crippen LogP contribution in [-0.2, 0) is 14.8 Å². The van der Waals surface area contributed by atoms with Gasteiger partial charge in [-0.3, -0.25) is 4.79 Å². The summed E-state index contributed by atoms with van der Waals surface area (Å²) in [6, 6.07) is 22.5. The molecule has 0 aliphatic carbocycles. The molecule has 0 aliphatic heterocycles. The molecule has 1 amide bonds. The van der Waals surface area contributed by atoms with E-state index in [4.69, 9.17) is 4.74 Å². The predicted molar refractivity (Wildman–Crippen MR) is 124 cm³/mol. The predicted octanol–water partition coefficient (Wildman–Crippen LogP) is 3.82. The fraction of sp³-hybridized carbons (Fsp3) is 0.130. The van der Waals surface area contributed by atoms with Crippen molar-refractivity contribution in [2.75, 3.05) is 17.7 Å². The third kappa shape index (κ3) is 4.49. The summed E-state index contributed by atoms with van der Waals surface area (Å²) < 4.78 is 33.6. The third-order valence-electron chi connectivity index (χ3n) is 4.63. The van der Waals surface area contributed by atoms with Crippen molar-refractivity contribution in [1.29, 1.82) is 0 Å². The van der Waals surface area contributed by atoms with Crippen molar-refractivity contribution in [3.05, 3.63) is 78.9 Å². The minimum Gasteiger partial charge on any atom is -0.492 e. The quantitative estimate of drug-likeness (QED) is 0.303. The first-order valence-electron chi connectivity index (χ1n) is 9.98. The number of carbonyl (C=O) groups excluding carboxylic acids is 1. The number of nitrogens with one attached hydrogen (secondary N) is 2. The summed E-state index contributed by atoms with van der Waals surface area (Å²) in [7, 11) is -3.86. The highest BCUT2D eigenvalue weighted by atomic mass is 32.2. The maximum atomic E-state index is 13.4. The molecule has 32 heavy (non-hydrogen) atoms. The molecule has 0 fully saturated rings. The number of amides is 1. The summed E-state index contributed by atoms with van der Waals surface area (Å²) in [5.74, 6) is 0.322. The molecule has 2 N–H and O–H groups in total. The Morgan fingerprint density at radius 2 is 1.69 bits per heavy atom. The minimum atomic E-state index is -3.86. The zero-order chi connectivity index (χ0) is 22.6. The lowest BCUT2D eigenvalue weighted by atomic mass is 10.3. The van der Waals surface area contributed by atoms with E-state index in [0.29, 0.717) is 34.2 Å². The number of benzene rings is 3. The molecule has 0 aliphatic rings. The van der Waals surface area contributed by atoms with Gasteiger partial charge in [-0.05, 0) is 55.1 Å². The maximum absolute atomic E-state index is 13.4. The fourth-order valence-electron chi connectivity index (χ4n) is 3.23. The number of H-pyrrole nitrogens is 1. The molecule has 1 heterocycles. The molecule has 0 saturated heterocycles. The van der Waals surface area contributed by atoms with Crippen molar-refractivity contribution >= 4 is 44.4 Å². The molecule has 0 bridgehead atoms. The van der Waals surface area contributed by atoms with Gasteiger partial charge in [-0.25, -0.2) is 4.98 Å². The van der Waals surface area contributed by atoms with Gasteiger partial charge >= 0.3 is 15.2 Å². The Labute approximate surface area is 190 Å². The molecule has 9 heteroatoms. The number of hydrogen-bond donors (Lipinski definition) is 2. The summed E-state index contributed by atoms with van der Waals surface area (Å²) in [5, 5.41) is 3.18. The zero-order valence-electron chi connectivity index (χ0n) is 17.3. The fourth-order valence-corrected chi connectivity index (χ4v) is 5.82. The Hall–Kier alpha value is -3.30. The average molecular weight is 469 g/mol. The number of rotatable bonds is 8. The van der Waals surface area contributed by atoms with Crippen LogP contribution in [0.4, 0.5) is 5.69 Å². The van der Waals surface area contributed by atoms with Gasteiger partial charge in [0.15, 0.2) is 11.0 Å². The number of imidazole rings is 1. The Kier molecular flexibility index (Phi) is 6.48. The van der Waals surface area contributed by atoms with Crippen molar-refractivity contribution in [3.63, 3.8) is 0 Å². The topological polar surface area (TPSA) is 92.1 Å². The van der Waals surface area contributed by atoms with Crippen molar-refractivity contribution in [2.24, 2.45) is 0 Å². The second kappa shape index (κ2) is 9.46. The number of para-hydroxylation sites is 4. The average Bonchev–Trinajstić information content (AvgIpc) is 3.19. The van der Waals surface area contributed by atoms with Crippen LogP contribution < -0.4 is 14.0 Å². The lowest BCUT2D eigenvalue weighted by Crippen LogP contribution is -2.44. The van der Waals surface area contributed by atoms with Gasteiger partial charge < -0.3 is 10.1 Å². The largest absolute Gasteiger partial charge is 0.492 e. The lowest BCUT2D eigenvalue weighted by Gasteiger charge is -2.10. The van der Waals surface area contributed by atoms with Crippen molar-refractivity contribution in [1.82, 2.24) is 4.98 Å². The number of aromatic amines is 1. The molecule has 4 rings (SSSR count). The number of aromatic nitrogens is 2. The summed E-state index contributed by atoms with van der Waals surface area (Å²) in [6.45, 7) is 2.35. The molecule has 0 spiro atoms. The molecule has 164 valence electrons. The van der Waals surface area contributed by atoms with Gasteiger partial charge in [0.1, 0.15) is 10.6 Å². The molecule has 0 saturated carbocycles. The van der Waals surface area contributed by atoms with E-state index in [9.17, 15) is 13.2 Å². The van der Waals surface area contributed by atoms with Crippen LogP contribution in [0.15, 0.2) is 88.9 Å². The minimum absolute atomic E-state index is 0.0115. The van der Waals surface area contributed by atoms with Gasteiger partial charge in [-0.2, -0.15) is 8.42 Å². The molecule has 0 unspecified atom stereocenters. The van der Waals surface area contributed by atoms with E-state index >= 15 is 0 Å². The van der Waals surface area contributed by atoms with Crippen LogP contribution in [0, 0.1) is 0 Å². The Bertz CT molecular complexity index is 1350. The lowest BCUT2D eigenvalue weighted by molar-refractivity contribution is -0.526. The number of carbonyl (C=O) groups is 1. The van der Waals surface area contributed by atoms with Crippen LogP contribution >= 0.6 is 11.8 Å². The molecule has 3 aromatic carbocycles. The van der Waals surface area contributed by atoms with E-state index in [1.165, 1.54) is 3.97 Å². The second-order valence-corrected chi connectivity index (χ2v) is 9.55. The van der Waals surface area contributed by atoms with Crippen LogP contribution in [0.25, 0.3) is 11.0 Å². The molecule has 0 atom stereocenters.